The number of hydrogen-bond acceptors (Lipinski definition) is 5. The Morgan fingerprint density at radius 1 is 0.943 bits per heavy atom. The van der Waals surface area contributed by atoms with Gasteiger partial charge in [0.05, 0.1) is 22.8 Å². The Labute approximate surface area is 314 Å². The van der Waals surface area contributed by atoms with Crippen LogP contribution in [0, 0.1) is 17.8 Å². The molecule has 3 N–H and O–H groups in total. The molecule has 1 aromatic heterocycles. The van der Waals surface area contributed by atoms with Crippen molar-refractivity contribution >= 4 is 46.5 Å². The summed E-state index contributed by atoms with van der Waals surface area (Å²) in [5.41, 5.74) is 8.55. The van der Waals surface area contributed by atoms with E-state index < -0.39 is 0 Å². The van der Waals surface area contributed by atoms with Crippen molar-refractivity contribution in [2.45, 2.75) is 72.3 Å². The van der Waals surface area contributed by atoms with Crippen molar-refractivity contribution < 1.29 is 9.59 Å². The molecule has 6 rings (SSSR count). The van der Waals surface area contributed by atoms with Gasteiger partial charge < -0.3 is 20.5 Å². The van der Waals surface area contributed by atoms with Gasteiger partial charge in [-0.2, -0.15) is 0 Å². The molecule has 1 aliphatic heterocycles. The summed E-state index contributed by atoms with van der Waals surface area (Å²) in [4.78, 5) is 38.2. The number of rotatable bonds is 17. The smallest absolute Gasteiger partial charge is 0.223 e. The SMILES string of the molecule is C=N/C=C(\NC[C@H](CCCNC=O)CC(C)C)c1ccc(-c2ccc3cc(-c4ccc5nc(C6CCCN6C(=O)CC(C)C)[nH]c5c4)ccc3c2)cc1. The summed E-state index contributed by atoms with van der Waals surface area (Å²) < 4.78 is 0. The van der Waals surface area contributed by atoms with E-state index in [0.717, 1.165) is 102 Å². The van der Waals surface area contributed by atoms with Crippen molar-refractivity contribution in [2.75, 3.05) is 19.6 Å². The van der Waals surface area contributed by atoms with Gasteiger partial charge in [-0.05, 0) is 119 Å². The highest BCUT2D eigenvalue weighted by atomic mass is 16.2. The summed E-state index contributed by atoms with van der Waals surface area (Å²) in [7, 11) is 0. The zero-order chi connectivity index (χ0) is 37.3. The van der Waals surface area contributed by atoms with Crippen molar-refractivity contribution in [2.24, 2.45) is 22.7 Å². The number of imidazole rings is 1. The molecule has 8 heteroatoms. The molecule has 0 radical (unpaired) electrons. The van der Waals surface area contributed by atoms with Crippen LogP contribution in [0.15, 0.2) is 90.1 Å². The topological polar surface area (TPSA) is 102 Å². The first-order valence-electron chi connectivity index (χ1n) is 19.2. The third kappa shape index (κ3) is 9.41. The number of aromatic nitrogens is 2. The minimum Gasteiger partial charge on any atom is -0.383 e. The number of carbonyl (C=O) groups excluding carboxylic acids is 2. The fraction of sp³-hybridized carbons (Fsp3) is 0.378. The lowest BCUT2D eigenvalue weighted by Gasteiger charge is -2.24. The number of benzene rings is 4. The normalized spacial score (nSPS) is 15.4. The summed E-state index contributed by atoms with van der Waals surface area (Å²) in [6.07, 6.45) is 8.22. The number of hydrogen-bond donors (Lipinski definition) is 3. The van der Waals surface area contributed by atoms with Gasteiger partial charge in [0.2, 0.25) is 12.3 Å². The van der Waals surface area contributed by atoms with E-state index >= 15 is 0 Å². The maximum Gasteiger partial charge on any atom is 0.223 e. The first-order valence-corrected chi connectivity index (χ1v) is 19.2. The van der Waals surface area contributed by atoms with Crippen LogP contribution >= 0.6 is 0 Å². The number of carbonyl (C=O) groups is 2. The summed E-state index contributed by atoms with van der Waals surface area (Å²) in [5, 5.41) is 8.79. The van der Waals surface area contributed by atoms with Gasteiger partial charge in [-0.1, -0.05) is 82.3 Å². The zero-order valence-corrected chi connectivity index (χ0v) is 31.7. The number of nitrogens with one attached hydrogen (secondary N) is 3. The van der Waals surface area contributed by atoms with Gasteiger partial charge in [0, 0.05) is 32.3 Å². The van der Waals surface area contributed by atoms with Crippen molar-refractivity contribution in [1.82, 2.24) is 25.5 Å². The minimum atomic E-state index is 0.0176. The van der Waals surface area contributed by atoms with E-state index in [0.29, 0.717) is 30.7 Å². The number of amides is 2. The molecular formula is C45H54N6O2. The van der Waals surface area contributed by atoms with E-state index in [-0.39, 0.29) is 11.9 Å². The molecule has 2 atom stereocenters. The standard InChI is InChI=1S/C45H54N6O2/c1-30(2)22-32(8-6-20-47-29-52)27-48-42(28-46-5)34-12-10-33(11-13-34)35-14-15-37-25-38(17-16-36(37)24-35)39-18-19-40-41(26-39)50-45(49-40)43-9-7-21-51(43)44(53)23-31(3)4/h10-19,24-26,28-32,43,48H,5-9,20-23,27H2,1-4H3,(H,47,52)(H,49,50)/b42-28-/t32-,43?/m1/s1. The fourth-order valence-electron chi connectivity index (χ4n) is 7.72. The van der Waals surface area contributed by atoms with Crippen LogP contribution in [0.25, 0.3) is 49.8 Å². The van der Waals surface area contributed by atoms with Crippen LogP contribution in [0.2, 0.25) is 0 Å². The van der Waals surface area contributed by atoms with Crippen LogP contribution < -0.4 is 10.6 Å². The number of nitrogens with zero attached hydrogens (tertiary/aromatic N) is 3. The lowest BCUT2D eigenvalue weighted by Crippen LogP contribution is -2.31. The number of fused-ring (bicyclic) bond motifs is 2. The average Bonchev–Trinajstić information content (AvgIpc) is 3.82. The van der Waals surface area contributed by atoms with E-state index in [1.807, 2.05) is 4.90 Å². The molecule has 1 aliphatic rings. The van der Waals surface area contributed by atoms with Gasteiger partial charge >= 0.3 is 0 Å². The maximum atomic E-state index is 12.9. The van der Waals surface area contributed by atoms with E-state index in [4.69, 9.17) is 4.98 Å². The average molecular weight is 711 g/mol. The van der Waals surface area contributed by atoms with Crippen LogP contribution in [0.5, 0.6) is 0 Å². The molecule has 0 bridgehead atoms. The Balaban J connectivity index is 1.14. The van der Waals surface area contributed by atoms with E-state index in [1.165, 1.54) is 10.8 Å². The van der Waals surface area contributed by atoms with E-state index in [2.05, 4.69) is 134 Å². The monoisotopic (exact) mass is 710 g/mol. The molecule has 2 amide bonds. The molecule has 0 aliphatic carbocycles. The number of aromatic amines is 1. The molecule has 4 aromatic carbocycles. The summed E-state index contributed by atoms with van der Waals surface area (Å²) in [5.74, 6) is 2.55. The lowest BCUT2D eigenvalue weighted by atomic mass is 9.92. The molecule has 53 heavy (non-hydrogen) atoms. The Kier molecular flexibility index (Phi) is 12.4. The molecule has 1 saturated heterocycles. The Hall–Kier alpha value is -5.24. The zero-order valence-electron chi connectivity index (χ0n) is 31.7. The van der Waals surface area contributed by atoms with Crippen LogP contribution in [0.1, 0.15) is 83.6 Å². The summed E-state index contributed by atoms with van der Waals surface area (Å²) >= 11 is 0. The Morgan fingerprint density at radius 2 is 1.62 bits per heavy atom. The molecule has 5 aromatic rings. The molecule has 1 fully saturated rings. The lowest BCUT2D eigenvalue weighted by molar-refractivity contribution is -0.133. The molecule has 276 valence electrons. The predicted molar refractivity (Wildman–Crippen MR) is 219 cm³/mol. The molecule has 0 spiro atoms. The second-order valence-corrected chi connectivity index (χ2v) is 15.4. The second kappa shape index (κ2) is 17.5. The van der Waals surface area contributed by atoms with Gasteiger partial charge in [-0.15, -0.1) is 0 Å². The van der Waals surface area contributed by atoms with Gasteiger partial charge in [0.25, 0.3) is 0 Å². The molecule has 0 saturated carbocycles. The summed E-state index contributed by atoms with van der Waals surface area (Å²) in [6, 6.07) is 28.3. The van der Waals surface area contributed by atoms with Gasteiger partial charge in [-0.25, -0.2) is 4.98 Å². The quantitative estimate of drug-likeness (QED) is 0.0508. The third-order valence-corrected chi connectivity index (χ3v) is 10.3. The number of H-pyrrole nitrogens is 1. The number of likely N-dealkylation sites (tertiary alicyclic amines) is 1. The largest absolute Gasteiger partial charge is 0.383 e. The van der Waals surface area contributed by atoms with E-state index in [1.54, 1.807) is 6.20 Å². The Morgan fingerprint density at radius 3 is 2.30 bits per heavy atom. The van der Waals surface area contributed by atoms with Crippen molar-refractivity contribution in [1.29, 1.82) is 0 Å². The third-order valence-electron chi connectivity index (χ3n) is 10.3. The molecule has 1 unspecified atom stereocenters. The van der Waals surface area contributed by atoms with Gasteiger partial charge in [0.15, 0.2) is 0 Å². The first-order chi connectivity index (χ1) is 25.7. The summed E-state index contributed by atoms with van der Waals surface area (Å²) in [6.45, 7) is 14.8. The highest BCUT2D eigenvalue weighted by molar-refractivity contribution is 5.92. The predicted octanol–water partition coefficient (Wildman–Crippen LogP) is 9.54. The molecular weight excluding hydrogens is 657 g/mol. The van der Waals surface area contributed by atoms with Crippen molar-refractivity contribution in [3.63, 3.8) is 0 Å². The van der Waals surface area contributed by atoms with Crippen LogP contribution in [-0.4, -0.2) is 53.5 Å². The second-order valence-electron chi connectivity index (χ2n) is 15.4. The highest BCUT2D eigenvalue weighted by Gasteiger charge is 2.32. The fourth-order valence-corrected chi connectivity index (χ4v) is 7.72. The van der Waals surface area contributed by atoms with Crippen molar-refractivity contribution in [3.05, 3.63) is 96.5 Å². The number of aliphatic imine (C=N–C) groups is 1. The van der Waals surface area contributed by atoms with Crippen LogP contribution in [0.3, 0.4) is 0 Å². The van der Waals surface area contributed by atoms with Crippen molar-refractivity contribution in [3.8, 4) is 22.3 Å². The first kappa shape index (κ1) is 37.5. The van der Waals surface area contributed by atoms with Crippen LogP contribution in [0.4, 0.5) is 0 Å². The van der Waals surface area contributed by atoms with E-state index in [9.17, 15) is 9.59 Å². The molecule has 2 heterocycles. The maximum absolute atomic E-state index is 12.9. The van der Waals surface area contributed by atoms with Crippen LogP contribution in [-0.2, 0) is 9.59 Å². The highest BCUT2D eigenvalue weighted by Crippen LogP contribution is 2.34. The molecule has 8 nitrogen and oxygen atoms in total. The van der Waals surface area contributed by atoms with Gasteiger partial charge in [0.1, 0.15) is 5.82 Å². The minimum absolute atomic E-state index is 0.0176. The Bertz CT molecular complexity index is 2060. The van der Waals surface area contributed by atoms with Gasteiger partial charge in [-0.3, -0.25) is 14.6 Å².